The number of hydrogen-bond donors (Lipinski definition) is 1. The highest BCUT2D eigenvalue weighted by Crippen LogP contribution is 2.34. The number of ether oxygens (including phenoxy) is 2. The summed E-state index contributed by atoms with van der Waals surface area (Å²) in [5.41, 5.74) is 0.963. The molecule has 0 radical (unpaired) electrons. The van der Waals surface area contributed by atoms with E-state index in [1.165, 1.54) is 24.8 Å². The normalized spacial score (nSPS) is 14.7. The number of carbonyl (C=O) groups excluding carboxylic acids is 1. The Balaban J connectivity index is 1.51. The molecule has 0 aromatic heterocycles. The summed E-state index contributed by atoms with van der Waals surface area (Å²) in [4.78, 5) is 28.3. The van der Waals surface area contributed by atoms with Gasteiger partial charge in [0.15, 0.2) is 11.5 Å². The summed E-state index contributed by atoms with van der Waals surface area (Å²) >= 11 is 0. The van der Waals surface area contributed by atoms with Crippen LogP contribution >= 0.6 is 0 Å². The molecule has 9 heteroatoms. The van der Waals surface area contributed by atoms with Crippen molar-refractivity contribution in [1.29, 1.82) is 0 Å². The maximum absolute atomic E-state index is 12.7. The number of carbonyl (C=O) groups is 1. The first-order chi connectivity index (χ1) is 15.5. The Labute approximate surface area is 188 Å². The van der Waals surface area contributed by atoms with Gasteiger partial charge in [-0.25, -0.2) is 0 Å². The molecule has 0 atom stereocenters. The first kappa shape index (κ1) is 23.5. The van der Waals surface area contributed by atoms with Gasteiger partial charge in [-0.05, 0) is 12.5 Å². The number of nitro benzene ring substituents is 1. The Bertz CT molecular complexity index is 914. The number of benzene rings is 2. The van der Waals surface area contributed by atoms with Crippen LogP contribution in [0.1, 0.15) is 22.8 Å². The highest BCUT2D eigenvalue weighted by Gasteiger charge is 2.25. The van der Waals surface area contributed by atoms with E-state index in [1.807, 2.05) is 6.07 Å². The number of nitrogens with zero attached hydrogens (tertiary/aromatic N) is 3. The van der Waals surface area contributed by atoms with E-state index in [2.05, 4.69) is 39.4 Å². The zero-order valence-corrected chi connectivity index (χ0v) is 18.6. The van der Waals surface area contributed by atoms with Crippen molar-refractivity contribution >= 4 is 11.6 Å². The molecule has 2 aromatic rings. The van der Waals surface area contributed by atoms with Gasteiger partial charge in [-0.2, -0.15) is 0 Å². The van der Waals surface area contributed by atoms with Crippen molar-refractivity contribution in [1.82, 2.24) is 15.1 Å². The van der Waals surface area contributed by atoms with E-state index in [4.69, 9.17) is 9.47 Å². The second-order valence-electron chi connectivity index (χ2n) is 7.57. The highest BCUT2D eigenvalue weighted by atomic mass is 16.6. The smallest absolute Gasteiger partial charge is 0.286 e. The molecule has 1 fully saturated rings. The van der Waals surface area contributed by atoms with Crippen LogP contribution in [0.15, 0.2) is 42.5 Å². The topological polar surface area (TPSA) is 97.2 Å². The van der Waals surface area contributed by atoms with Crippen LogP contribution in [0.3, 0.4) is 0 Å². The van der Waals surface area contributed by atoms with Gasteiger partial charge in [-0.3, -0.25) is 24.7 Å². The summed E-state index contributed by atoms with van der Waals surface area (Å²) in [5.74, 6) is 0.0341. The van der Waals surface area contributed by atoms with Crippen LogP contribution in [0.2, 0.25) is 0 Å². The molecule has 0 unspecified atom stereocenters. The number of amides is 1. The second kappa shape index (κ2) is 11.4. The van der Waals surface area contributed by atoms with Crippen LogP contribution in [0.4, 0.5) is 5.69 Å². The monoisotopic (exact) mass is 442 g/mol. The fourth-order valence-electron chi connectivity index (χ4n) is 3.75. The van der Waals surface area contributed by atoms with Gasteiger partial charge in [0, 0.05) is 51.9 Å². The first-order valence-corrected chi connectivity index (χ1v) is 10.8. The predicted molar refractivity (Wildman–Crippen MR) is 121 cm³/mol. The number of rotatable bonds is 10. The number of nitrogens with one attached hydrogen (secondary N) is 1. The zero-order chi connectivity index (χ0) is 22.9. The van der Waals surface area contributed by atoms with Crippen LogP contribution < -0.4 is 14.8 Å². The minimum absolute atomic E-state index is 0.0352. The summed E-state index contributed by atoms with van der Waals surface area (Å²) in [6.07, 6.45) is 0. The molecule has 1 N–H and O–H groups in total. The second-order valence-corrected chi connectivity index (χ2v) is 7.57. The van der Waals surface area contributed by atoms with Crippen molar-refractivity contribution in [2.75, 3.05) is 53.0 Å². The van der Waals surface area contributed by atoms with Gasteiger partial charge >= 0.3 is 0 Å². The maximum atomic E-state index is 12.7. The summed E-state index contributed by atoms with van der Waals surface area (Å²) < 4.78 is 10.6. The molecule has 2 aromatic carbocycles. The van der Waals surface area contributed by atoms with E-state index in [0.717, 1.165) is 32.7 Å². The average molecular weight is 443 g/mol. The summed E-state index contributed by atoms with van der Waals surface area (Å²) in [6.45, 7) is 7.94. The maximum Gasteiger partial charge on any atom is 0.286 e. The van der Waals surface area contributed by atoms with Crippen molar-refractivity contribution in [3.8, 4) is 11.5 Å². The molecule has 0 bridgehead atoms. The third-order valence-corrected chi connectivity index (χ3v) is 5.45. The SMILES string of the molecule is CCOc1cc(C(=O)NCCN2CCN(Cc3ccccc3)CC2)c([N+](=O)[O-])cc1OC. The molecule has 1 aliphatic rings. The molecule has 1 heterocycles. The average Bonchev–Trinajstić information content (AvgIpc) is 2.80. The lowest BCUT2D eigenvalue weighted by Crippen LogP contribution is -2.48. The lowest BCUT2D eigenvalue weighted by molar-refractivity contribution is -0.385. The van der Waals surface area contributed by atoms with Gasteiger partial charge in [0.05, 0.1) is 24.7 Å². The van der Waals surface area contributed by atoms with Crippen LogP contribution in [-0.4, -0.2) is 73.6 Å². The standard InChI is InChI=1S/C23H30N4O5/c1-3-32-22-15-19(20(27(29)30)16-21(22)31-2)23(28)24-9-10-25-11-13-26(14-12-25)17-18-7-5-4-6-8-18/h4-8,15-16H,3,9-14,17H2,1-2H3,(H,24,28). The molecule has 1 aliphatic heterocycles. The van der Waals surface area contributed by atoms with Gasteiger partial charge in [-0.1, -0.05) is 30.3 Å². The highest BCUT2D eigenvalue weighted by molar-refractivity contribution is 5.99. The summed E-state index contributed by atoms with van der Waals surface area (Å²) in [7, 11) is 1.40. The Morgan fingerprint density at radius 3 is 2.41 bits per heavy atom. The van der Waals surface area contributed by atoms with E-state index in [0.29, 0.717) is 25.4 Å². The van der Waals surface area contributed by atoms with Crippen LogP contribution in [0, 0.1) is 10.1 Å². The summed E-state index contributed by atoms with van der Waals surface area (Å²) in [6, 6.07) is 13.0. The molecule has 0 spiro atoms. The Morgan fingerprint density at radius 2 is 1.78 bits per heavy atom. The molecule has 1 saturated heterocycles. The van der Waals surface area contributed by atoms with E-state index < -0.39 is 10.8 Å². The van der Waals surface area contributed by atoms with Crippen molar-refractivity contribution < 1.29 is 19.2 Å². The van der Waals surface area contributed by atoms with Gasteiger partial charge in [-0.15, -0.1) is 0 Å². The molecule has 0 aliphatic carbocycles. The van der Waals surface area contributed by atoms with Crippen LogP contribution in [0.25, 0.3) is 0 Å². The Morgan fingerprint density at radius 1 is 1.09 bits per heavy atom. The number of methoxy groups -OCH3 is 1. The van der Waals surface area contributed by atoms with Crippen LogP contribution in [-0.2, 0) is 6.54 Å². The third kappa shape index (κ3) is 6.18. The molecular weight excluding hydrogens is 412 g/mol. The van der Waals surface area contributed by atoms with Crippen LogP contribution in [0.5, 0.6) is 11.5 Å². The fourth-order valence-corrected chi connectivity index (χ4v) is 3.75. The van der Waals surface area contributed by atoms with Gasteiger partial charge < -0.3 is 14.8 Å². The molecule has 1 amide bonds. The Kier molecular flexibility index (Phi) is 8.41. The molecule has 3 rings (SSSR count). The minimum atomic E-state index is -0.584. The molecular formula is C23H30N4O5. The van der Waals surface area contributed by atoms with Gasteiger partial charge in [0.25, 0.3) is 11.6 Å². The van der Waals surface area contributed by atoms with Crippen molar-refractivity contribution in [3.05, 3.63) is 63.7 Å². The molecule has 0 saturated carbocycles. The molecule has 32 heavy (non-hydrogen) atoms. The van der Waals surface area contributed by atoms with Gasteiger partial charge in [0.1, 0.15) is 5.56 Å². The van der Waals surface area contributed by atoms with E-state index in [9.17, 15) is 14.9 Å². The summed E-state index contributed by atoms with van der Waals surface area (Å²) in [5, 5.41) is 14.3. The lowest BCUT2D eigenvalue weighted by Gasteiger charge is -2.34. The number of nitro groups is 1. The fraction of sp³-hybridized carbons (Fsp3) is 0.435. The quantitative estimate of drug-likeness (QED) is 0.446. The Hall–Kier alpha value is -3.17. The van der Waals surface area contributed by atoms with Crippen molar-refractivity contribution in [3.63, 3.8) is 0 Å². The first-order valence-electron chi connectivity index (χ1n) is 10.8. The third-order valence-electron chi connectivity index (χ3n) is 5.45. The molecule has 9 nitrogen and oxygen atoms in total. The van der Waals surface area contributed by atoms with Crippen molar-refractivity contribution in [2.45, 2.75) is 13.5 Å². The molecule has 172 valence electrons. The van der Waals surface area contributed by atoms with E-state index in [-0.39, 0.29) is 17.0 Å². The zero-order valence-electron chi connectivity index (χ0n) is 18.6. The largest absolute Gasteiger partial charge is 0.493 e. The van der Waals surface area contributed by atoms with E-state index >= 15 is 0 Å². The lowest BCUT2D eigenvalue weighted by atomic mass is 10.1. The minimum Gasteiger partial charge on any atom is -0.493 e. The van der Waals surface area contributed by atoms with Crippen molar-refractivity contribution in [2.24, 2.45) is 0 Å². The van der Waals surface area contributed by atoms with E-state index in [1.54, 1.807) is 6.92 Å². The number of hydrogen-bond acceptors (Lipinski definition) is 7. The predicted octanol–water partition coefficient (Wildman–Crippen LogP) is 2.55. The number of piperazine rings is 1. The van der Waals surface area contributed by atoms with Gasteiger partial charge in [0.2, 0.25) is 0 Å².